The van der Waals surface area contributed by atoms with Crippen molar-refractivity contribution in [3.8, 4) is 0 Å². The molecule has 1 rings (SSSR count). The van der Waals surface area contributed by atoms with E-state index in [1.807, 2.05) is 0 Å². The van der Waals surface area contributed by atoms with E-state index >= 15 is 0 Å². The molecule has 0 heterocycles. The summed E-state index contributed by atoms with van der Waals surface area (Å²) in [5.41, 5.74) is 3.13. The van der Waals surface area contributed by atoms with E-state index in [1.54, 1.807) is 11.1 Å². The molecule has 0 aromatic rings. The minimum absolute atomic E-state index is 0.604. The fraction of sp³-hybridized carbons (Fsp3) is 0.769. The van der Waals surface area contributed by atoms with Gasteiger partial charge in [0.2, 0.25) is 0 Å². The van der Waals surface area contributed by atoms with Crippen LogP contribution in [0, 0.1) is 30.1 Å². The Bertz CT molecular complexity index is 186. The van der Waals surface area contributed by atoms with Gasteiger partial charge in [0.05, 0.1) is 0 Å². The van der Waals surface area contributed by atoms with Crippen LogP contribution in [0.2, 0.25) is 0 Å². The first-order valence-electron chi connectivity index (χ1n) is 5.38. The molecule has 1 aliphatic carbocycles. The zero-order valence-corrected chi connectivity index (χ0v) is 9.81. The van der Waals surface area contributed by atoms with E-state index in [1.165, 1.54) is 0 Å². The van der Waals surface area contributed by atoms with Crippen molar-refractivity contribution < 1.29 is 0 Å². The zero-order valence-electron chi connectivity index (χ0n) is 9.81. The second kappa shape index (κ2) is 3.86. The molecular formula is C13H22. The van der Waals surface area contributed by atoms with Gasteiger partial charge in [0, 0.05) is 0 Å². The van der Waals surface area contributed by atoms with E-state index in [2.05, 4.69) is 48.0 Å². The minimum Gasteiger partial charge on any atom is -0.0701 e. The van der Waals surface area contributed by atoms with Crippen molar-refractivity contribution in [1.82, 2.24) is 0 Å². The summed E-state index contributed by atoms with van der Waals surface area (Å²) in [6.07, 6.45) is 3.72. The average molecular weight is 178 g/mol. The third-order valence-electron chi connectivity index (χ3n) is 3.25. The molecule has 0 N–H and O–H groups in total. The molecule has 0 saturated heterocycles. The maximum absolute atomic E-state index is 3.72. The number of hydrogen-bond acceptors (Lipinski definition) is 0. The van der Waals surface area contributed by atoms with Crippen molar-refractivity contribution in [1.29, 1.82) is 0 Å². The quantitative estimate of drug-likeness (QED) is 0.561. The number of allylic oxidation sites excluding steroid dienone is 2. The lowest BCUT2D eigenvalue weighted by atomic mass is 9.86. The Morgan fingerprint density at radius 1 is 0.846 bits per heavy atom. The summed E-state index contributed by atoms with van der Waals surface area (Å²) in [5.74, 6) is 2.62. The molecule has 0 aliphatic heterocycles. The number of rotatable bonds is 2. The first kappa shape index (κ1) is 10.8. The van der Waals surface area contributed by atoms with Gasteiger partial charge in [-0.05, 0) is 43.9 Å². The summed E-state index contributed by atoms with van der Waals surface area (Å²) in [7, 11) is 0. The predicted octanol–water partition coefficient (Wildman–Crippen LogP) is 3.96. The van der Waals surface area contributed by atoms with E-state index in [4.69, 9.17) is 0 Å². The van der Waals surface area contributed by atoms with Gasteiger partial charge in [0.1, 0.15) is 0 Å². The van der Waals surface area contributed by atoms with Gasteiger partial charge in [-0.3, -0.25) is 0 Å². The van der Waals surface area contributed by atoms with Gasteiger partial charge in [0.15, 0.2) is 0 Å². The van der Waals surface area contributed by atoms with Crippen LogP contribution in [0.25, 0.3) is 0 Å². The third kappa shape index (κ3) is 1.98. The smallest absolute Gasteiger partial charge is 0.00135 e. The Balaban J connectivity index is 2.81. The molecule has 0 aromatic carbocycles. The molecule has 2 unspecified atom stereocenters. The second-order valence-corrected chi connectivity index (χ2v) is 4.98. The summed E-state index contributed by atoms with van der Waals surface area (Å²) in [5, 5.41) is 0. The molecule has 2 radical (unpaired) electrons. The molecule has 0 aromatic heterocycles. The van der Waals surface area contributed by atoms with Gasteiger partial charge < -0.3 is 0 Å². The molecular weight excluding hydrogens is 156 g/mol. The van der Waals surface area contributed by atoms with Crippen molar-refractivity contribution >= 4 is 0 Å². The summed E-state index contributed by atoms with van der Waals surface area (Å²) in [6.45, 7) is 13.7. The van der Waals surface area contributed by atoms with Crippen LogP contribution in [0.5, 0.6) is 0 Å². The summed E-state index contributed by atoms with van der Waals surface area (Å²) < 4.78 is 0. The van der Waals surface area contributed by atoms with E-state index in [0.717, 1.165) is 0 Å². The molecule has 0 saturated carbocycles. The van der Waals surface area contributed by atoms with Gasteiger partial charge >= 0.3 is 0 Å². The lowest BCUT2D eigenvalue weighted by Gasteiger charge is -2.18. The van der Waals surface area contributed by atoms with Crippen molar-refractivity contribution in [2.24, 2.45) is 23.7 Å². The SMILES string of the molecule is CC1=C(C)C(C(C)C)[C]C1C(C)C. The normalized spacial score (nSPS) is 29.5. The van der Waals surface area contributed by atoms with E-state index < -0.39 is 0 Å². The highest BCUT2D eigenvalue weighted by atomic mass is 14.4. The van der Waals surface area contributed by atoms with Crippen LogP contribution in [-0.2, 0) is 0 Å². The fourth-order valence-corrected chi connectivity index (χ4v) is 2.32. The topological polar surface area (TPSA) is 0 Å². The summed E-state index contributed by atoms with van der Waals surface area (Å²) >= 11 is 0. The molecule has 0 heteroatoms. The van der Waals surface area contributed by atoms with Gasteiger partial charge in [-0.2, -0.15) is 0 Å². The molecule has 2 atom stereocenters. The molecule has 0 fully saturated rings. The largest absolute Gasteiger partial charge is 0.0701 e. The Labute approximate surface area is 83.4 Å². The summed E-state index contributed by atoms with van der Waals surface area (Å²) in [6, 6.07) is 0. The molecule has 0 bridgehead atoms. The van der Waals surface area contributed by atoms with Crippen LogP contribution in [0.4, 0.5) is 0 Å². The van der Waals surface area contributed by atoms with Crippen LogP contribution >= 0.6 is 0 Å². The van der Waals surface area contributed by atoms with Crippen LogP contribution in [0.3, 0.4) is 0 Å². The number of hydrogen-bond donors (Lipinski definition) is 0. The first-order valence-corrected chi connectivity index (χ1v) is 5.38. The molecule has 1 aliphatic rings. The van der Waals surface area contributed by atoms with E-state index in [-0.39, 0.29) is 0 Å². The van der Waals surface area contributed by atoms with E-state index in [9.17, 15) is 0 Å². The van der Waals surface area contributed by atoms with Crippen LogP contribution in [0.1, 0.15) is 41.5 Å². The average Bonchev–Trinajstić information content (AvgIpc) is 2.29. The zero-order chi connectivity index (χ0) is 10.2. The standard InChI is InChI=1S/C13H22/c1-8(2)12-7-13(9(3)4)11(6)10(12)5/h8-9,12-13H,1-6H3. The lowest BCUT2D eigenvalue weighted by Crippen LogP contribution is -2.12. The van der Waals surface area contributed by atoms with Crippen molar-refractivity contribution in [2.75, 3.05) is 0 Å². The Morgan fingerprint density at radius 3 is 1.31 bits per heavy atom. The Hall–Kier alpha value is -0.260. The molecule has 0 amide bonds. The van der Waals surface area contributed by atoms with Crippen molar-refractivity contribution in [2.45, 2.75) is 41.5 Å². The summed E-state index contributed by atoms with van der Waals surface area (Å²) in [4.78, 5) is 0. The highest BCUT2D eigenvalue weighted by Crippen LogP contribution is 2.42. The van der Waals surface area contributed by atoms with Crippen molar-refractivity contribution in [3.63, 3.8) is 0 Å². The molecule has 13 heavy (non-hydrogen) atoms. The predicted molar refractivity (Wildman–Crippen MR) is 58.3 cm³/mol. The van der Waals surface area contributed by atoms with Gasteiger partial charge in [-0.1, -0.05) is 38.8 Å². The second-order valence-electron chi connectivity index (χ2n) is 4.98. The lowest BCUT2D eigenvalue weighted by molar-refractivity contribution is 0.441. The maximum Gasteiger partial charge on any atom is -0.00135 e. The highest BCUT2D eigenvalue weighted by molar-refractivity contribution is 5.29. The Kier molecular flexibility index (Phi) is 3.21. The first-order chi connectivity index (χ1) is 5.95. The van der Waals surface area contributed by atoms with Crippen molar-refractivity contribution in [3.05, 3.63) is 17.6 Å². The molecule has 0 spiro atoms. The highest BCUT2D eigenvalue weighted by Gasteiger charge is 2.32. The van der Waals surface area contributed by atoms with Crippen LogP contribution < -0.4 is 0 Å². The van der Waals surface area contributed by atoms with Gasteiger partial charge in [-0.25, -0.2) is 0 Å². The van der Waals surface area contributed by atoms with Gasteiger partial charge in [-0.15, -0.1) is 0 Å². The minimum atomic E-state index is 0.604. The van der Waals surface area contributed by atoms with Gasteiger partial charge in [0.25, 0.3) is 0 Å². The maximum atomic E-state index is 3.72. The van der Waals surface area contributed by atoms with Crippen LogP contribution in [-0.4, -0.2) is 0 Å². The molecule has 0 nitrogen and oxygen atoms in total. The van der Waals surface area contributed by atoms with Crippen LogP contribution in [0.15, 0.2) is 11.1 Å². The fourth-order valence-electron chi connectivity index (χ4n) is 2.32. The molecule has 74 valence electrons. The third-order valence-corrected chi connectivity index (χ3v) is 3.25. The monoisotopic (exact) mass is 178 g/mol. The van der Waals surface area contributed by atoms with E-state index in [0.29, 0.717) is 23.7 Å². The Morgan fingerprint density at radius 2 is 1.15 bits per heavy atom.